The molecule has 0 bridgehead atoms. The van der Waals surface area contributed by atoms with Gasteiger partial charge < -0.3 is 20.9 Å². The van der Waals surface area contributed by atoms with E-state index in [0.717, 1.165) is 70.6 Å². The number of nitrogens with one attached hydrogen (secondary N) is 1. The lowest BCUT2D eigenvalue weighted by Gasteiger charge is -2.18. The molecule has 0 aromatic heterocycles. The van der Waals surface area contributed by atoms with E-state index in [1.54, 1.807) is 0 Å². The predicted octanol–water partition coefficient (Wildman–Crippen LogP) is 12.7. The Morgan fingerprint density at radius 1 is 0.538 bits per heavy atom. The molecular weight excluding hydrogens is 649 g/mol. The highest BCUT2D eigenvalue weighted by molar-refractivity contribution is 5.83. The zero-order valence-corrected chi connectivity index (χ0v) is 34.4. The first-order valence-electron chi connectivity index (χ1n) is 22.5. The van der Waals surface area contributed by atoms with Crippen molar-refractivity contribution in [2.45, 2.75) is 251 Å². The van der Waals surface area contributed by atoms with Gasteiger partial charge in [-0.3, -0.25) is 9.59 Å². The lowest BCUT2D eigenvalue weighted by atomic mass is 10.0. The molecule has 0 saturated heterocycles. The molecule has 7 heteroatoms. The first-order valence-corrected chi connectivity index (χ1v) is 22.5. The molecule has 0 aliphatic heterocycles. The summed E-state index contributed by atoms with van der Waals surface area (Å²) in [6.45, 7) is 4.95. The summed E-state index contributed by atoms with van der Waals surface area (Å²) in [6.07, 6.45) is 44.0. The summed E-state index contributed by atoms with van der Waals surface area (Å²) < 4.78 is 6.04. The highest BCUT2D eigenvalue weighted by Gasteiger charge is 2.19. The lowest BCUT2D eigenvalue weighted by Crippen LogP contribution is -2.40. The highest BCUT2D eigenvalue weighted by Crippen LogP contribution is 2.18. The van der Waals surface area contributed by atoms with Crippen LogP contribution >= 0.6 is 0 Å². The van der Waals surface area contributed by atoms with E-state index < -0.39 is 12.0 Å². The maximum atomic E-state index is 12.8. The average Bonchev–Trinajstić information content (AvgIpc) is 3.13. The van der Waals surface area contributed by atoms with E-state index in [9.17, 15) is 19.5 Å². The zero-order valence-electron chi connectivity index (χ0n) is 34.4. The maximum Gasteiger partial charge on any atom is 0.326 e. The van der Waals surface area contributed by atoms with Gasteiger partial charge in [-0.05, 0) is 77.2 Å². The van der Waals surface area contributed by atoms with Crippen molar-refractivity contribution >= 4 is 17.8 Å². The SMILES string of the molecule is CCCCCCCCCC/C=C\CCCC(CCCCCCCC(=O)NC(CCCN)C(=O)O)OC(=O)CCCCCCCCCCCCCCC. The Morgan fingerprint density at radius 2 is 0.962 bits per heavy atom. The van der Waals surface area contributed by atoms with Gasteiger partial charge >= 0.3 is 11.9 Å². The van der Waals surface area contributed by atoms with Gasteiger partial charge in [-0.15, -0.1) is 0 Å². The van der Waals surface area contributed by atoms with Gasteiger partial charge in [0.1, 0.15) is 12.1 Å². The number of nitrogens with two attached hydrogens (primary N) is 1. The van der Waals surface area contributed by atoms with Crippen LogP contribution < -0.4 is 11.1 Å². The van der Waals surface area contributed by atoms with Gasteiger partial charge in [-0.25, -0.2) is 4.79 Å². The van der Waals surface area contributed by atoms with Crippen LogP contribution in [-0.2, 0) is 19.1 Å². The maximum absolute atomic E-state index is 12.8. The van der Waals surface area contributed by atoms with Crippen LogP contribution in [0.4, 0.5) is 0 Å². The molecule has 4 N–H and O–H groups in total. The summed E-state index contributed by atoms with van der Waals surface area (Å²) in [6, 6.07) is -0.856. The predicted molar refractivity (Wildman–Crippen MR) is 221 cm³/mol. The van der Waals surface area contributed by atoms with Gasteiger partial charge in [-0.2, -0.15) is 0 Å². The van der Waals surface area contributed by atoms with Crippen molar-refractivity contribution in [1.82, 2.24) is 5.32 Å². The molecule has 0 fully saturated rings. The van der Waals surface area contributed by atoms with E-state index in [2.05, 4.69) is 31.3 Å². The number of carbonyl (C=O) groups is 3. The van der Waals surface area contributed by atoms with Crippen molar-refractivity contribution < 1.29 is 24.2 Å². The van der Waals surface area contributed by atoms with Crippen LogP contribution in [-0.4, -0.2) is 41.6 Å². The van der Waals surface area contributed by atoms with Gasteiger partial charge in [0, 0.05) is 12.8 Å². The van der Waals surface area contributed by atoms with E-state index in [-0.39, 0.29) is 18.0 Å². The number of allylic oxidation sites excluding steroid dienone is 2. The molecule has 0 aromatic rings. The fourth-order valence-electron chi connectivity index (χ4n) is 6.92. The third kappa shape index (κ3) is 36.5. The third-order valence-electron chi connectivity index (χ3n) is 10.3. The quantitative estimate of drug-likeness (QED) is 0.0327. The Morgan fingerprint density at radius 3 is 1.46 bits per heavy atom. The van der Waals surface area contributed by atoms with Crippen LogP contribution in [0.2, 0.25) is 0 Å². The van der Waals surface area contributed by atoms with Crippen molar-refractivity contribution in [3.8, 4) is 0 Å². The van der Waals surface area contributed by atoms with Crippen LogP contribution in [0.5, 0.6) is 0 Å². The molecule has 0 saturated carbocycles. The van der Waals surface area contributed by atoms with E-state index in [1.807, 2.05) is 0 Å². The van der Waals surface area contributed by atoms with Crippen LogP contribution in [0.15, 0.2) is 12.2 Å². The Kier molecular flexibility index (Phi) is 38.8. The minimum absolute atomic E-state index is 0.0113. The first kappa shape index (κ1) is 50.1. The topological polar surface area (TPSA) is 119 Å². The van der Waals surface area contributed by atoms with Crippen LogP contribution in [0, 0.1) is 0 Å². The van der Waals surface area contributed by atoms with Crippen LogP contribution in [0.1, 0.15) is 239 Å². The summed E-state index contributed by atoms with van der Waals surface area (Å²) in [5.41, 5.74) is 5.49. The van der Waals surface area contributed by atoms with Gasteiger partial charge in [0.15, 0.2) is 0 Å². The average molecular weight is 735 g/mol. The first-order chi connectivity index (χ1) is 25.4. The van der Waals surface area contributed by atoms with E-state index in [1.165, 1.54) is 128 Å². The third-order valence-corrected chi connectivity index (χ3v) is 10.3. The number of esters is 1. The van der Waals surface area contributed by atoms with Gasteiger partial charge in [0.05, 0.1) is 0 Å². The second-order valence-electron chi connectivity index (χ2n) is 15.5. The Hall–Kier alpha value is -1.89. The van der Waals surface area contributed by atoms with Crippen molar-refractivity contribution in [3.63, 3.8) is 0 Å². The molecule has 306 valence electrons. The number of hydrogen-bond donors (Lipinski definition) is 3. The highest BCUT2D eigenvalue weighted by atomic mass is 16.5. The van der Waals surface area contributed by atoms with Crippen LogP contribution in [0.25, 0.3) is 0 Å². The molecule has 0 radical (unpaired) electrons. The second kappa shape index (κ2) is 40.3. The fraction of sp³-hybridized carbons (Fsp3) is 0.889. The Balaban J connectivity index is 4.34. The van der Waals surface area contributed by atoms with Gasteiger partial charge in [0.25, 0.3) is 0 Å². The zero-order chi connectivity index (χ0) is 38.2. The summed E-state index contributed by atoms with van der Waals surface area (Å²) in [5.74, 6) is -1.24. The summed E-state index contributed by atoms with van der Waals surface area (Å²) >= 11 is 0. The number of carboxylic acids is 1. The van der Waals surface area contributed by atoms with Crippen molar-refractivity contribution in [3.05, 3.63) is 12.2 Å². The number of unbranched alkanes of at least 4 members (excludes halogenated alkanes) is 25. The van der Waals surface area contributed by atoms with Crippen molar-refractivity contribution in [2.24, 2.45) is 5.73 Å². The van der Waals surface area contributed by atoms with E-state index >= 15 is 0 Å². The molecular formula is C45H86N2O5. The van der Waals surface area contributed by atoms with Gasteiger partial charge in [0.2, 0.25) is 5.91 Å². The summed E-state index contributed by atoms with van der Waals surface area (Å²) in [5, 5.41) is 11.9. The van der Waals surface area contributed by atoms with Gasteiger partial charge in [-0.1, -0.05) is 167 Å². The molecule has 52 heavy (non-hydrogen) atoms. The summed E-state index contributed by atoms with van der Waals surface area (Å²) in [4.78, 5) is 36.4. The number of carbonyl (C=O) groups excluding carboxylic acids is 2. The molecule has 2 unspecified atom stereocenters. The molecule has 7 nitrogen and oxygen atoms in total. The Bertz CT molecular complexity index is 833. The number of rotatable bonds is 41. The molecule has 0 heterocycles. The minimum Gasteiger partial charge on any atom is -0.480 e. The fourth-order valence-corrected chi connectivity index (χ4v) is 6.92. The lowest BCUT2D eigenvalue weighted by molar-refractivity contribution is -0.150. The number of carboxylic acid groups (broad SMARTS) is 1. The second-order valence-corrected chi connectivity index (χ2v) is 15.5. The molecule has 0 aliphatic rings. The van der Waals surface area contributed by atoms with E-state index in [0.29, 0.717) is 32.2 Å². The summed E-state index contributed by atoms with van der Waals surface area (Å²) in [7, 11) is 0. The molecule has 0 rings (SSSR count). The standard InChI is InChI=1S/C45H86N2O5/c1-3-5-7-9-11-13-15-17-19-21-23-26-30-35-41(36-31-27-25-28-32-38-43(48)47-42(45(50)51)37-34-40-46)52-44(49)39-33-29-24-22-20-18-16-14-12-10-8-6-4-2/h21,23,41-42H,3-20,22,24-40,46H2,1-2H3,(H,47,48)(H,50,51)/b23-21-. The number of amides is 1. The normalized spacial score (nSPS) is 12.7. The Labute approximate surface area is 321 Å². The monoisotopic (exact) mass is 735 g/mol. The van der Waals surface area contributed by atoms with Crippen molar-refractivity contribution in [2.75, 3.05) is 6.54 Å². The minimum atomic E-state index is -1.00. The molecule has 0 aliphatic carbocycles. The largest absolute Gasteiger partial charge is 0.480 e. The molecule has 2 atom stereocenters. The smallest absolute Gasteiger partial charge is 0.326 e. The number of aliphatic carboxylic acids is 1. The van der Waals surface area contributed by atoms with Crippen molar-refractivity contribution in [1.29, 1.82) is 0 Å². The molecule has 1 amide bonds. The van der Waals surface area contributed by atoms with E-state index in [4.69, 9.17) is 10.5 Å². The number of ether oxygens (including phenoxy) is 1. The molecule has 0 spiro atoms. The molecule has 0 aromatic carbocycles. The van der Waals surface area contributed by atoms with Crippen LogP contribution in [0.3, 0.4) is 0 Å². The number of hydrogen-bond acceptors (Lipinski definition) is 5.